The van der Waals surface area contributed by atoms with Gasteiger partial charge in [0, 0.05) is 25.3 Å². The number of nitrogens with zero attached hydrogens (tertiary/aromatic N) is 2. The van der Waals surface area contributed by atoms with Crippen LogP contribution in [0.1, 0.15) is 12.8 Å². The van der Waals surface area contributed by atoms with E-state index in [0.29, 0.717) is 5.02 Å². The average molecular weight is 226 g/mol. The molecule has 82 valence electrons. The van der Waals surface area contributed by atoms with Crippen molar-refractivity contribution in [2.45, 2.75) is 18.9 Å². The molecule has 0 aliphatic heterocycles. The first-order valence-electron chi connectivity index (χ1n) is 5.32. The number of anilines is 1. The Kier molecular flexibility index (Phi) is 3.44. The van der Waals surface area contributed by atoms with Gasteiger partial charge in [-0.15, -0.1) is 0 Å². The first-order chi connectivity index (χ1) is 7.27. The Morgan fingerprint density at radius 3 is 3.07 bits per heavy atom. The van der Waals surface area contributed by atoms with Crippen LogP contribution in [0.2, 0.25) is 5.02 Å². The predicted octanol–water partition coefficient (Wildman–Crippen LogP) is 2.24. The number of nitrogens with one attached hydrogen (secondary N) is 1. The molecule has 0 radical (unpaired) electrons. The van der Waals surface area contributed by atoms with E-state index in [1.165, 1.54) is 12.8 Å². The van der Waals surface area contributed by atoms with E-state index in [1.54, 1.807) is 6.20 Å². The molecule has 3 nitrogen and oxygen atoms in total. The lowest BCUT2D eigenvalue weighted by atomic mass is 10.4. The molecule has 0 bridgehead atoms. The Morgan fingerprint density at radius 1 is 1.60 bits per heavy atom. The van der Waals surface area contributed by atoms with Gasteiger partial charge in [0.2, 0.25) is 0 Å². The van der Waals surface area contributed by atoms with Gasteiger partial charge in [0.05, 0.1) is 5.02 Å². The number of pyridine rings is 1. The maximum absolute atomic E-state index is 5.98. The maximum Gasteiger partial charge on any atom is 0.144 e. The van der Waals surface area contributed by atoms with E-state index in [9.17, 15) is 0 Å². The van der Waals surface area contributed by atoms with E-state index in [-0.39, 0.29) is 0 Å². The van der Waals surface area contributed by atoms with Gasteiger partial charge in [-0.25, -0.2) is 4.98 Å². The lowest BCUT2D eigenvalue weighted by Crippen LogP contribution is -2.27. The Hall–Kier alpha value is -0.800. The topological polar surface area (TPSA) is 28.2 Å². The molecule has 1 aliphatic rings. The molecule has 4 heteroatoms. The van der Waals surface area contributed by atoms with Crippen molar-refractivity contribution in [1.29, 1.82) is 0 Å². The number of hydrogen-bond acceptors (Lipinski definition) is 3. The van der Waals surface area contributed by atoms with Crippen LogP contribution in [0.15, 0.2) is 18.3 Å². The average Bonchev–Trinajstić information content (AvgIpc) is 3.04. The maximum atomic E-state index is 5.98. The third-order valence-corrected chi connectivity index (χ3v) is 2.99. The van der Waals surface area contributed by atoms with E-state index in [0.717, 1.165) is 24.9 Å². The van der Waals surface area contributed by atoms with Crippen LogP contribution in [0.25, 0.3) is 0 Å². The molecule has 0 spiro atoms. The highest BCUT2D eigenvalue weighted by atomic mass is 35.5. The summed E-state index contributed by atoms with van der Waals surface area (Å²) in [5.74, 6) is 0.781. The minimum absolute atomic E-state index is 0.687. The van der Waals surface area contributed by atoms with E-state index >= 15 is 0 Å². The second-order valence-corrected chi connectivity index (χ2v) is 4.38. The number of hydrogen-bond donors (Lipinski definition) is 1. The van der Waals surface area contributed by atoms with Crippen LogP contribution in [0.5, 0.6) is 0 Å². The van der Waals surface area contributed by atoms with Crippen molar-refractivity contribution >= 4 is 17.4 Å². The monoisotopic (exact) mass is 225 g/mol. The summed E-state index contributed by atoms with van der Waals surface area (Å²) in [6, 6.07) is 4.50. The van der Waals surface area contributed by atoms with Gasteiger partial charge >= 0.3 is 0 Å². The largest absolute Gasteiger partial charge is 0.368 e. The number of likely N-dealkylation sites (N-methyl/N-ethyl adjacent to an activating group) is 1. The highest BCUT2D eigenvalue weighted by Crippen LogP contribution is 2.24. The third-order valence-electron chi connectivity index (χ3n) is 2.69. The molecule has 1 heterocycles. The quantitative estimate of drug-likeness (QED) is 0.833. The molecular formula is C11H16ClN3. The molecule has 1 fully saturated rings. The van der Waals surface area contributed by atoms with E-state index in [4.69, 9.17) is 11.6 Å². The van der Waals surface area contributed by atoms with Gasteiger partial charge < -0.3 is 10.2 Å². The number of aromatic nitrogens is 1. The highest BCUT2D eigenvalue weighted by Gasteiger charge is 2.25. The molecule has 1 aromatic heterocycles. The normalized spacial score (nSPS) is 15.7. The van der Waals surface area contributed by atoms with Crippen LogP contribution in [-0.4, -0.2) is 36.1 Å². The van der Waals surface area contributed by atoms with Gasteiger partial charge in [0.25, 0.3) is 0 Å². The molecule has 1 aromatic rings. The van der Waals surface area contributed by atoms with Crippen LogP contribution in [0.4, 0.5) is 5.82 Å². The second kappa shape index (κ2) is 4.81. The third kappa shape index (κ3) is 3.08. The van der Waals surface area contributed by atoms with Crippen LogP contribution >= 0.6 is 11.6 Å². The van der Waals surface area contributed by atoms with E-state index in [2.05, 4.69) is 22.2 Å². The van der Waals surface area contributed by atoms with Crippen molar-refractivity contribution < 1.29 is 0 Å². The van der Waals surface area contributed by atoms with Crippen molar-refractivity contribution in [3.8, 4) is 0 Å². The fourth-order valence-corrected chi connectivity index (χ4v) is 1.75. The standard InChI is InChI=1S/C11H16ClN3/c1-15(9-4-5-9)8-7-14-11-10(12)3-2-6-13-11/h2-3,6,9H,4-5,7-8H2,1H3,(H,13,14). The molecule has 0 aromatic carbocycles. The summed E-state index contributed by atoms with van der Waals surface area (Å²) in [6.07, 6.45) is 4.44. The molecule has 1 saturated carbocycles. The zero-order chi connectivity index (χ0) is 10.7. The summed E-state index contributed by atoms with van der Waals surface area (Å²) in [5.41, 5.74) is 0. The van der Waals surface area contributed by atoms with Gasteiger partial charge in [0.1, 0.15) is 5.82 Å². The van der Waals surface area contributed by atoms with E-state index < -0.39 is 0 Å². The fraction of sp³-hybridized carbons (Fsp3) is 0.545. The Balaban J connectivity index is 1.75. The summed E-state index contributed by atoms with van der Waals surface area (Å²) in [6.45, 7) is 1.93. The number of halogens is 1. The van der Waals surface area contributed by atoms with Gasteiger partial charge in [-0.05, 0) is 32.0 Å². The SMILES string of the molecule is CN(CCNc1ncccc1Cl)C1CC1. The summed E-state index contributed by atoms with van der Waals surface area (Å²) in [5, 5.41) is 3.93. The summed E-state index contributed by atoms with van der Waals surface area (Å²) >= 11 is 5.98. The van der Waals surface area contributed by atoms with Crippen LogP contribution in [-0.2, 0) is 0 Å². The molecule has 0 amide bonds. The lowest BCUT2D eigenvalue weighted by Gasteiger charge is -2.16. The van der Waals surface area contributed by atoms with Gasteiger partial charge in [-0.2, -0.15) is 0 Å². The molecular weight excluding hydrogens is 210 g/mol. The molecule has 0 unspecified atom stereocenters. The first-order valence-corrected chi connectivity index (χ1v) is 5.70. The lowest BCUT2D eigenvalue weighted by molar-refractivity contribution is 0.337. The molecule has 1 N–H and O–H groups in total. The molecule has 1 aliphatic carbocycles. The van der Waals surface area contributed by atoms with Crippen molar-refractivity contribution in [3.63, 3.8) is 0 Å². The van der Waals surface area contributed by atoms with Gasteiger partial charge in [-0.3, -0.25) is 0 Å². The fourth-order valence-electron chi connectivity index (χ4n) is 1.56. The highest BCUT2D eigenvalue weighted by molar-refractivity contribution is 6.32. The Bertz CT molecular complexity index is 325. The number of rotatable bonds is 5. The summed E-state index contributed by atoms with van der Waals surface area (Å²) in [7, 11) is 2.17. The van der Waals surface area contributed by atoms with Crippen molar-refractivity contribution in [2.24, 2.45) is 0 Å². The zero-order valence-corrected chi connectivity index (χ0v) is 9.67. The first kappa shape index (κ1) is 10.7. The minimum atomic E-state index is 0.687. The molecule has 0 saturated heterocycles. The van der Waals surface area contributed by atoms with Crippen molar-refractivity contribution in [1.82, 2.24) is 9.88 Å². The smallest absolute Gasteiger partial charge is 0.144 e. The van der Waals surface area contributed by atoms with Crippen LogP contribution < -0.4 is 5.32 Å². The van der Waals surface area contributed by atoms with Gasteiger partial charge in [-0.1, -0.05) is 11.6 Å². The van der Waals surface area contributed by atoms with E-state index in [1.807, 2.05) is 12.1 Å². The zero-order valence-electron chi connectivity index (χ0n) is 8.91. The van der Waals surface area contributed by atoms with Crippen molar-refractivity contribution in [3.05, 3.63) is 23.4 Å². The van der Waals surface area contributed by atoms with Gasteiger partial charge in [0.15, 0.2) is 0 Å². The second-order valence-electron chi connectivity index (χ2n) is 3.97. The summed E-state index contributed by atoms with van der Waals surface area (Å²) < 4.78 is 0. The van der Waals surface area contributed by atoms with Crippen LogP contribution in [0, 0.1) is 0 Å². The van der Waals surface area contributed by atoms with Crippen molar-refractivity contribution in [2.75, 3.05) is 25.5 Å². The van der Waals surface area contributed by atoms with Crippen LogP contribution in [0.3, 0.4) is 0 Å². The molecule has 2 rings (SSSR count). The summed E-state index contributed by atoms with van der Waals surface area (Å²) in [4.78, 5) is 6.55. The predicted molar refractivity (Wildman–Crippen MR) is 63.4 cm³/mol. The minimum Gasteiger partial charge on any atom is -0.368 e. The Morgan fingerprint density at radius 2 is 2.40 bits per heavy atom. The Labute approximate surface area is 95.4 Å². The molecule has 0 atom stereocenters. The molecule has 15 heavy (non-hydrogen) atoms.